The summed E-state index contributed by atoms with van der Waals surface area (Å²) in [4.78, 5) is 56.7. The predicted molar refractivity (Wildman–Crippen MR) is 166 cm³/mol. The van der Waals surface area contributed by atoms with Gasteiger partial charge in [0, 0.05) is 24.3 Å². The quantitative estimate of drug-likeness (QED) is 0.340. The number of rotatable bonds is 10. The smallest absolute Gasteiger partial charge is 0.337 e. The van der Waals surface area contributed by atoms with Crippen molar-refractivity contribution in [3.63, 3.8) is 0 Å². The van der Waals surface area contributed by atoms with E-state index in [1.54, 1.807) is 74.6 Å². The summed E-state index contributed by atoms with van der Waals surface area (Å²) in [5.41, 5.74) is 1.93. The molecule has 0 radical (unpaired) electrons. The summed E-state index contributed by atoms with van der Waals surface area (Å²) in [5, 5.41) is 13.8. The SMILES string of the molecule is CC(=O)N([C@@H](Cc1ccccc1)C(O)C(=O)OC(C)C)N1C(=O)[C@@H](C(C)C)N(C(=O)c2ccccc2)C=C1c1ccccc1. The maximum Gasteiger partial charge on any atom is 0.337 e. The number of ether oxygens (including phenoxy) is 1. The van der Waals surface area contributed by atoms with E-state index in [4.69, 9.17) is 4.74 Å². The van der Waals surface area contributed by atoms with Crippen molar-refractivity contribution in [3.05, 3.63) is 114 Å². The molecule has 4 rings (SSSR count). The molecule has 1 heterocycles. The van der Waals surface area contributed by atoms with Crippen LogP contribution in [0.3, 0.4) is 0 Å². The van der Waals surface area contributed by atoms with Crippen LogP contribution in [0.2, 0.25) is 0 Å². The minimum Gasteiger partial charge on any atom is -0.461 e. The Morgan fingerprint density at radius 3 is 1.93 bits per heavy atom. The van der Waals surface area contributed by atoms with Crippen LogP contribution in [0, 0.1) is 5.92 Å². The van der Waals surface area contributed by atoms with Gasteiger partial charge in [-0.25, -0.2) is 14.8 Å². The number of nitrogens with zero attached hydrogens (tertiary/aromatic N) is 3. The number of hydrazine groups is 1. The Labute approximate surface area is 258 Å². The van der Waals surface area contributed by atoms with Gasteiger partial charge in [-0.2, -0.15) is 0 Å². The lowest BCUT2D eigenvalue weighted by Gasteiger charge is -2.47. The molecule has 0 spiro atoms. The number of carbonyl (C=O) groups is 4. The fourth-order valence-corrected chi connectivity index (χ4v) is 5.35. The van der Waals surface area contributed by atoms with Gasteiger partial charge in [-0.05, 0) is 43.9 Å². The molecule has 44 heavy (non-hydrogen) atoms. The molecule has 1 aliphatic rings. The number of aliphatic hydroxyl groups excluding tert-OH is 1. The van der Waals surface area contributed by atoms with Crippen LogP contribution < -0.4 is 0 Å². The van der Waals surface area contributed by atoms with E-state index in [0.717, 1.165) is 10.6 Å². The Morgan fingerprint density at radius 1 is 0.864 bits per heavy atom. The minimum absolute atomic E-state index is 0.0413. The lowest BCUT2D eigenvalue weighted by molar-refractivity contribution is -0.177. The zero-order chi connectivity index (χ0) is 32.0. The standard InChI is InChI=1S/C35H39N3O6/c1-23(2)31-34(42)38(30(27-17-11-7-12-18-27)22-36(31)33(41)28-19-13-8-14-20-28)37(25(5)39)29(21-26-15-9-6-10-16-26)32(40)35(43)44-24(3)4/h6-20,22-24,29,31-32,40H,21H2,1-5H3/t29-,31+,32?/m0/s1. The summed E-state index contributed by atoms with van der Waals surface area (Å²) in [6.07, 6.45) is -0.683. The number of esters is 1. The average Bonchev–Trinajstić information content (AvgIpc) is 3.01. The average molecular weight is 598 g/mol. The molecule has 9 heteroatoms. The lowest BCUT2D eigenvalue weighted by Crippen LogP contribution is -2.64. The first-order chi connectivity index (χ1) is 21.0. The van der Waals surface area contributed by atoms with Crippen molar-refractivity contribution in [2.45, 2.75) is 65.3 Å². The Kier molecular flexibility index (Phi) is 10.3. The summed E-state index contributed by atoms with van der Waals surface area (Å²) in [6.45, 7) is 8.24. The largest absolute Gasteiger partial charge is 0.461 e. The number of amides is 3. The van der Waals surface area contributed by atoms with Crippen molar-refractivity contribution in [2.75, 3.05) is 0 Å². The van der Waals surface area contributed by atoms with Crippen LogP contribution in [-0.2, 0) is 25.5 Å². The first-order valence-electron chi connectivity index (χ1n) is 14.7. The highest BCUT2D eigenvalue weighted by Gasteiger charge is 2.47. The first kappa shape index (κ1) is 32.2. The summed E-state index contributed by atoms with van der Waals surface area (Å²) in [6, 6.07) is 24.5. The number of hydrogen-bond donors (Lipinski definition) is 1. The molecular weight excluding hydrogens is 558 g/mol. The van der Waals surface area contributed by atoms with Crippen LogP contribution in [0.4, 0.5) is 0 Å². The molecule has 0 saturated heterocycles. The van der Waals surface area contributed by atoms with Crippen molar-refractivity contribution < 1.29 is 29.0 Å². The third kappa shape index (κ3) is 7.06. The Balaban J connectivity index is 1.92. The molecule has 3 amide bonds. The van der Waals surface area contributed by atoms with Crippen LogP contribution in [0.1, 0.15) is 56.1 Å². The Hall–Kier alpha value is -4.76. The first-order valence-corrected chi connectivity index (χ1v) is 14.7. The Bertz CT molecular complexity index is 1490. The summed E-state index contributed by atoms with van der Waals surface area (Å²) < 4.78 is 5.35. The van der Waals surface area contributed by atoms with Crippen LogP contribution in [0.25, 0.3) is 5.70 Å². The monoisotopic (exact) mass is 597 g/mol. The molecule has 230 valence electrons. The van der Waals surface area contributed by atoms with E-state index in [1.807, 2.05) is 50.2 Å². The van der Waals surface area contributed by atoms with Gasteiger partial charge in [-0.15, -0.1) is 0 Å². The van der Waals surface area contributed by atoms with Crippen molar-refractivity contribution in [2.24, 2.45) is 5.92 Å². The number of aliphatic hydroxyl groups is 1. The molecule has 9 nitrogen and oxygen atoms in total. The van der Waals surface area contributed by atoms with Crippen molar-refractivity contribution in [3.8, 4) is 0 Å². The van der Waals surface area contributed by atoms with E-state index in [-0.39, 0.29) is 23.9 Å². The highest BCUT2D eigenvalue weighted by Crippen LogP contribution is 2.34. The van der Waals surface area contributed by atoms with Gasteiger partial charge in [0.15, 0.2) is 6.10 Å². The molecule has 0 aliphatic carbocycles. The van der Waals surface area contributed by atoms with Crippen LogP contribution in [0.5, 0.6) is 0 Å². The molecule has 3 aromatic rings. The lowest BCUT2D eigenvalue weighted by atomic mass is 9.96. The van der Waals surface area contributed by atoms with Crippen molar-refractivity contribution >= 4 is 29.4 Å². The van der Waals surface area contributed by atoms with Crippen LogP contribution in [-0.4, -0.2) is 68.0 Å². The van der Waals surface area contributed by atoms with E-state index in [2.05, 4.69) is 0 Å². The second-order valence-corrected chi connectivity index (χ2v) is 11.3. The van der Waals surface area contributed by atoms with E-state index in [9.17, 15) is 24.3 Å². The second-order valence-electron chi connectivity index (χ2n) is 11.3. The topological polar surface area (TPSA) is 107 Å². The van der Waals surface area contributed by atoms with Gasteiger partial charge in [0.25, 0.3) is 11.8 Å². The third-order valence-electron chi connectivity index (χ3n) is 7.31. The third-order valence-corrected chi connectivity index (χ3v) is 7.31. The maximum atomic E-state index is 14.7. The molecule has 0 fully saturated rings. The summed E-state index contributed by atoms with van der Waals surface area (Å²) in [7, 11) is 0. The zero-order valence-electron chi connectivity index (χ0n) is 25.7. The summed E-state index contributed by atoms with van der Waals surface area (Å²) >= 11 is 0. The molecule has 0 bridgehead atoms. The van der Waals surface area contributed by atoms with Crippen molar-refractivity contribution in [1.29, 1.82) is 0 Å². The fourth-order valence-electron chi connectivity index (χ4n) is 5.35. The molecule has 3 atom stereocenters. The van der Waals surface area contributed by atoms with Gasteiger partial charge < -0.3 is 9.84 Å². The fraction of sp³-hybridized carbons (Fsp3) is 0.314. The minimum atomic E-state index is -1.78. The van der Waals surface area contributed by atoms with Crippen LogP contribution in [0.15, 0.2) is 97.2 Å². The molecule has 1 unspecified atom stereocenters. The highest BCUT2D eigenvalue weighted by molar-refractivity contribution is 6.03. The molecule has 1 N–H and O–H groups in total. The van der Waals surface area contributed by atoms with E-state index in [1.165, 1.54) is 16.8 Å². The second kappa shape index (κ2) is 14.1. The van der Waals surface area contributed by atoms with Crippen molar-refractivity contribution in [1.82, 2.24) is 14.9 Å². The van der Waals surface area contributed by atoms with Gasteiger partial charge >= 0.3 is 5.97 Å². The predicted octanol–water partition coefficient (Wildman–Crippen LogP) is 4.68. The Morgan fingerprint density at radius 2 is 1.41 bits per heavy atom. The molecule has 3 aromatic carbocycles. The normalized spacial score (nSPS) is 16.4. The van der Waals surface area contributed by atoms with Gasteiger partial charge in [-0.1, -0.05) is 92.7 Å². The maximum absolute atomic E-state index is 14.7. The molecule has 0 aromatic heterocycles. The van der Waals surface area contributed by atoms with Gasteiger partial charge in [0.1, 0.15) is 6.04 Å². The van der Waals surface area contributed by atoms with E-state index >= 15 is 0 Å². The molecular formula is C35H39N3O6. The van der Waals surface area contributed by atoms with Gasteiger partial charge in [0.05, 0.1) is 17.8 Å². The highest BCUT2D eigenvalue weighted by atomic mass is 16.6. The van der Waals surface area contributed by atoms with Crippen LogP contribution >= 0.6 is 0 Å². The van der Waals surface area contributed by atoms with Gasteiger partial charge in [0.2, 0.25) is 5.91 Å². The number of carbonyl (C=O) groups excluding carboxylic acids is 4. The van der Waals surface area contributed by atoms with Gasteiger partial charge in [-0.3, -0.25) is 19.3 Å². The molecule has 1 aliphatic heterocycles. The van der Waals surface area contributed by atoms with E-state index < -0.39 is 42.1 Å². The summed E-state index contributed by atoms with van der Waals surface area (Å²) in [5.74, 6) is -2.78. The number of hydrogen-bond acceptors (Lipinski definition) is 6. The van der Waals surface area contributed by atoms with E-state index in [0.29, 0.717) is 11.1 Å². The zero-order valence-corrected chi connectivity index (χ0v) is 25.7. The molecule has 0 saturated carbocycles. The number of benzene rings is 3.